The fraction of sp³-hybridized carbons (Fsp3) is 0.0476. The van der Waals surface area contributed by atoms with Gasteiger partial charge in [-0.1, -0.05) is 91.0 Å². The molecule has 0 aliphatic heterocycles. The van der Waals surface area contributed by atoms with Crippen LogP contribution < -0.4 is 0 Å². The number of hydrogen-bond donors (Lipinski definition) is 0. The second kappa shape index (κ2) is 6.86. The van der Waals surface area contributed by atoms with Gasteiger partial charge in [-0.2, -0.15) is 0 Å². The van der Waals surface area contributed by atoms with Crippen LogP contribution in [0.5, 0.6) is 0 Å². The fourth-order valence-corrected chi connectivity index (χ4v) is 2.55. The molecule has 1 heteroatoms. The molecule has 0 heterocycles. The number of hydrogen-bond acceptors (Lipinski definition) is 0. The van der Waals surface area contributed by atoms with Crippen molar-refractivity contribution in [3.63, 3.8) is 0 Å². The van der Waals surface area contributed by atoms with Crippen LogP contribution in [0, 0.1) is 0 Å². The van der Waals surface area contributed by atoms with E-state index in [2.05, 4.69) is 0 Å². The molecule has 0 radical (unpaired) electrons. The van der Waals surface area contributed by atoms with Gasteiger partial charge in [0.15, 0.2) is 0 Å². The first-order chi connectivity index (χ1) is 10.8. The van der Waals surface area contributed by atoms with Crippen LogP contribution in [0.3, 0.4) is 0 Å². The van der Waals surface area contributed by atoms with E-state index in [-0.39, 0.29) is 11.7 Å². The third kappa shape index (κ3) is 3.32. The molecule has 3 rings (SSSR count). The summed E-state index contributed by atoms with van der Waals surface area (Å²) in [5.74, 6) is -0.291. The zero-order valence-electron chi connectivity index (χ0n) is 12.2. The molecular weight excluding hydrogens is 271 g/mol. The number of halogens is 1. The lowest BCUT2D eigenvalue weighted by Crippen LogP contribution is -1.98. The highest BCUT2D eigenvalue weighted by molar-refractivity contribution is 5.61. The predicted molar refractivity (Wildman–Crippen MR) is 90.3 cm³/mol. The molecule has 108 valence electrons. The van der Waals surface area contributed by atoms with E-state index in [1.165, 1.54) is 0 Å². The molecule has 0 spiro atoms. The van der Waals surface area contributed by atoms with Crippen molar-refractivity contribution in [2.75, 3.05) is 0 Å². The maximum atomic E-state index is 14.6. The third-order valence-electron chi connectivity index (χ3n) is 3.68. The van der Waals surface area contributed by atoms with Crippen molar-refractivity contribution in [3.8, 4) is 0 Å². The summed E-state index contributed by atoms with van der Waals surface area (Å²) >= 11 is 0. The minimum atomic E-state index is -0.196. The first-order valence-electron chi connectivity index (χ1n) is 7.37. The summed E-state index contributed by atoms with van der Waals surface area (Å²) in [4.78, 5) is 0. The first kappa shape index (κ1) is 14.3. The van der Waals surface area contributed by atoms with Gasteiger partial charge in [-0.3, -0.25) is 0 Å². The zero-order chi connectivity index (χ0) is 15.2. The van der Waals surface area contributed by atoms with E-state index >= 15 is 0 Å². The van der Waals surface area contributed by atoms with Crippen LogP contribution in [0.25, 0.3) is 5.83 Å². The Balaban J connectivity index is 2.03. The van der Waals surface area contributed by atoms with Crippen LogP contribution >= 0.6 is 0 Å². The fourth-order valence-electron chi connectivity index (χ4n) is 2.55. The SMILES string of the molecule is F/C(=C/C(c1ccccc1)c1ccccc1)c1ccccc1. The second-order valence-electron chi connectivity index (χ2n) is 5.18. The van der Waals surface area contributed by atoms with Crippen LogP contribution in [0.4, 0.5) is 4.39 Å². The monoisotopic (exact) mass is 288 g/mol. The highest BCUT2D eigenvalue weighted by Crippen LogP contribution is 2.30. The van der Waals surface area contributed by atoms with Gasteiger partial charge >= 0.3 is 0 Å². The van der Waals surface area contributed by atoms with Crippen LogP contribution in [0.15, 0.2) is 97.1 Å². The van der Waals surface area contributed by atoms with Gasteiger partial charge in [-0.05, 0) is 17.2 Å². The standard InChI is InChI=1S/C21H17F/c22-21(19-14-8-3-9-15-19)16-20(17-10-4-1-5-11-17)18-12-6-2-7-13-18/h1-16,20H/b21-16+. The number of allylic oxidation sites excluding steroid dienone is 1. The Kier molecular flexibility index (Phi) is 4.45. The molecule has 0 aromatic heterocycles. The molecule has 0 bridgehead atoms. The summed E-state index contributed by atoms with van der Waals surface area (Å²) in [5.41, 5.74) is 2.78. The molecule has 0 saturated carbocycles. The normalized spacial score (nSPS) is 11.6. The molecule has 0 N–H and O–H groups in total. The van der Waals surface area contributed by atoms with Gasteiger partial charge in [0, 0.05) is 11.5 Å². The van der Waals surface area contributed by atoms with Crippen LogP contribution in [-0.4, -0.2) is 0 Å². The Hall–Kier alpha value is -2.67. The minimum Gasteiger partial charge on any atom is -0.207 e. The molecule has 0 aliphatic rings. The smallest absolute Gasteiger partial charge is 0.127 e. The van der Waals surface area contributed by atoms with E-state index in [0.29, 0.717) is 5.56 Å². The van der Waals surface area contributed by atoms with Crippen LogP contribution in [0.2, 0.25) is 0 Å². The molecule has 0 aliphatic carbocycles. The minimum absolute atomic E-state index is 0.0948. The van der Waals surface area contributed by atoms with Gasteiger partial charge in [0.25, 0.3) is 0 Å². The molecular formula is C21H17F. The molecule has 0 atom stereocenters. The molecule has 22 heavy (non-hydrogen) atoms. The Morgan fingerprint density at radius 2 is 1.05 bits per heavy atom. The number of benzene rings is 3. The lowest BCUT2D eigenvalue weighted by molar-refractivity contribution is 0.751. The maximum absolute atomic E-state index is 14.6. The second-order valence-corrected chi connectivity index (χ2v) is 5.18. The Labute approximate surface area is 130 Å². The van der Waals surface area contributed by atoms with Crippen molar-refractivity contribution >= 4 is 5.83 Å². The Bertz CT molecular complexity index is 691. The highest BCUT2D eigenvalue weighted by atomic mass is 19.1. The molecule has 0 saturated heterocycles. The average Bonchev–Trinajstić information content (AvgIpc) is 2.62. The zero-order valence-corrected chi connectivity index (χ0v) is 12.2. The molecule has 0 fully saturated rings. The molecule has 0 amide bonds. The quantitative estimate of drug-likeness (QED) is 0.566. The van der Waals surface area contributed by atoms with Gasteiger partial charge < -0.3 is 0 Å². The molecule has 0 nitrogen and oxygen atoms in total. The number of rotatable bonds is 4. The van der Waals surface area contributed by atoms with E-state index in [0.717, 1.165) is 11.1 Å². The largest absolute Gasteiger partial charge is 0.207 e. The van der Waals surface area contributed by atoms with E-state index < -0.39 is 0 Å². The summed E-state index contributed by atoms with van der Waals surface area (Å²) in [6.45, 7) is 0. The van der Waals surface area contributed by atoms with Gasteiger partial charge in [0.05, 0.1) is 0 Å². The third-order valence-corrected chi connectivity index (χ3v) is 3.68. The van der Waals surface area contributed by atoms with Gasteiger partial charge in [-0.25, -0.2) is 4.39 Å². The van der Waals surface area contributed by atoms with Crippen molar-refractivity contribution in [1.82, 2.24) is 0 Å². The van der Waals surface area contributed by atoms with E-state index in [4.69, 9.17) is 0 Å². The van der Waals surface area contributed by atoms with Gasteiger partial charge in [-0.15, -0.1) is 0 Å². The van der Waals surface area contributed by atoms with Crippen LogP contribution in [0.1, 0.15) is 22.6 Å². The average molecular weight is 288 g/mol. The summed E-state index contributed by atoms with van der Waals surface area (Å²) in [6, 6.07) is 29.2. The molecule has 3 aromatic rings. The highest BCUT2D eigenvalue weighted by Gasteiger charge is 2.13. The van der Waals surface area contributed by atoms with Crippen molar-refractivity contribution in [3.05, 3.63) is 114 Å². The topological polar surface area (TPSA) is 0 Å². The summed E-state index contributed by atoms with van der Waals surface area (Å²) < 4.78 is 14.6. The van der Waals surface area contributed by atoms with Gasteiger partial charge in [0.1, 0.15) is 5.83 Å². The van der Waals surface area contributed by atoms with Crippen molar-refractivity contribution in [1.29, 1.82) is 0 Å². The van der Waals surface area contributed by atoms with Crippen molar-refractivity contribution in [2.24, 2.45) is 0 Å². The molecule has 0 unspecified atom stereocenters. The van der Waals surface area contributed by atoms with Crippen molar-refractivity contribution < 1.29 is 4.39 Å². The predicted octanol–water partition coefficient (Wildman–Crippen LogP) is 5.83. The lowest BCUT2D eigenvalue weighted by atomic mass is 9.90. The summed E-state index contributed by atoms with van der Waals surface area (Å²) in [6.07, 6.45) is 1.69. The maximum Gasteiger partial charge on any atom is 0.127 e. The van der Waals surface area contributed by atoms with Gasteiger partial charge in [0.2, 0.25) is 0 Å². The Morgan fingerprint density at radius 1 is 0.636 bits per heavy atom. The van der Waals surface area contributed by atoms with E-state index in [9.17, 15) is 4.39 Å². The summed E-state index contributed by atoms with van der Waals surface area (Å²) in [5, 5.41) is 0. The Morgan fingerprint density at radius 3 is 1.50 bits per heavy atom. The van der Waals surface area contributed by atoms with Crippen molar-refractivity contribution in [2.45, 2.75) is 5.92 Å². The first-order valence-corrected chi connectivity index (χ1v) is 7.37. The lowest BCUT2D eigenvalue weighted by Gasteiger charge is -2.14. The molecule has 3 aromatic carbocycles. The van der Waals surface area contributed by atoms with E-state index in [1.807, 2.05) is 78.9 Å². The summed E-state index contributed by atoms with van der Waals surface area (Å²) in [7, 11) is 0. The van der Waals surface area contributed by atoms with E-state index in [1.54, 1.807) is 18.2 Å². The van der Waals surface area contributed by atoms with Crippen LogP contribution in [-0.2, 0) is 0 Å².